The number of allylic oxidation sites excluding steroid dienone is 1. The topological polar surface area (TPSA) is 12.9 Å². The third-order valence-electron chi connectivity index (χ3n) is 1.32. The Labute approximate surface area is 88.2 Å². The highest BCUT2D eigenvalue weighted by Gasteiger charge is 2.34. The van der Waals surface area contributed by atoms with Gasteiger partial charge in [-0.25, -0.2) is 4.98 Å². The highest BCUT2D eigenvalue weighted by molar-refractivity contribution is 7.12. The lowest BCUT2D eigenvalue weighted by Gasteiger charge is -1.98. The van der Waals surface area contributed by atoms with E-state index in [9.17, 15) is 13.2 Å². The van der Waals surface area contributed by atoms with Crippen LogP contribution in [-0.2, 0) is 6.18 Å². The molecule has 0 atom stereocenters. The van der Waals surface area contributed by atoms with Crippen molar-refractivity contribution in [2.45, 2.75) is 12.6 Å². The Balaban J connectivity index is 2.69. The summed E-state index contributed by atoms with van der Waals surface area (Å²) < 4.78 is 36.3. The van der Waals surface area contributed by atoms with Gasteiger partial charge in [-0.2, -0.15) is 13.2 Å². The Morgan fingerprint density at radius 1 is 1.50 bits per heavy atom. The highest BCUT2D eigenvalue weighted by Crippen LogP contribution is 2.32. The van der Waals surface area contributed by atoms with E-state index in [1.165, 1.54) is 6.20 Å². The second-order valence-corrected chi connectivity index (χ2v) is 3.89. The molecule has 1 rings (SSSR count). The molecule has 0 aliphatic rings. The number of aromatic nitrogens is 1. The van der Waals surface area contributed by atoms with Crippen molar-refractivity contribution < 1.29 is 13.2 Å². The molecular formula is C8H7ClF3NS. The number of nitrogens with zero attached hydrogens (tertiary/aromatic N) is 1. The van der Waals surface area contributed by atoms with Crippen LogP contribution in [0.25, 0.3) is 6.08 Å². The number of rotatable bonds is 3. The van der Waals surface area contributed by atoms with Crippen LogP contribution < -0.4 is 0 Å². The zero-order valence-corrected chi connectivity index (χ0v) is 8.59. The zero-order valence-electron chi connectivity index (χ0n) is 7.01. The predicted molar refractivity (Wildman–Crippen MR) is 51.5 cm³/mol. The second kappa shape index (κ2) is 4.79. The summed E-state index contributed by atoms with van der Waals surface area (Å²) in [5.41, 5.74) is 0. The van der Waals surface area contributed by atoms with E-state index in [0.29, 0.717) is 28.5 Å². The molecule has 6 heteroatoms. The molecule has 14 heavy (non-hydrogen) atoms. The predicted octanol–water partition coefficient (Wildman–Crippen LogP) is 3.80. The molecule has 0 N–H and O–H groups in total. The summed E-state index contributed by atoms with van der Waals surface area (Å²) >= 11 is 6.03. The number of halogens is 4. The van der Waals surface area contributed by atoms with E-state index in [0.717, 1.165) is 0 Å². The van der Waals surface area contributed by atoms with Crippen LogP contribution in [0.5, 0.6) is 0 Å². The minimum absolute atomic E-state index is 0.460. The summed E-state index contributed by atoms with van der Waals surface area (Å²) in [5, 5.41) is -0.817. The SMILES string of the molecule is FC(F)(F)c1ncc(/C=C/CCCl)s1. The third kappa shape index (κ3) is 3.31. The first-order chi connectivity index (χ1) is 6.54. The van der Waals surface area contributed by atoms with Gasteiger partial charge in [0.15, 0.2) is 5.01 Å². The molecule has 0 aliphatic carbocycles. The summed E-state index contributed by atoms with van der Waals surface area (Å²) in [6.07, 6.45) is 0.818. The first kappa shape index (κ1) is 11.5. The van der Waals surface area contributed by atoms with E-state index in [4.69, 9.17) is 11.6 Å². The number of thiazole rings is 1. The van der Waals surface area contributed by atoms with Crippen LogP contribution in [0.4, 0.5) is 13.2 Å². The summed E-state index contributed by atoms with van der Waals surface area (Å²) in [5.74, 6) is 0.460. The van der Waals surface area contributed by atoms with Crippen molar-refractivity contribution in [2.75, 3.05) is 5.88 Å². The average molecular weight is 242 g/mol. The van der Waals surface area contributed by atoms with Gasteiger partial charge < -0.3 is 0 Å². The molecule has 0 amide bonds. The standard InChI is InChI=1S/C8H7ClF3NS/c9-4-2-1-3-6-5-13-7(14-6)8(10,11)12/h1,3,5H,2,4H2/b3-1+. The Hall–Kier alpha value is -0.550. The minimum Gasteiger partial charge on any atom is -0.240 e. The highest BCUT2D eigenvalue weighted by atomic mass is 35.5. The van der Waals surface area contributed by atoms with Crippen molar-refractivity contribution in [3.8, 4) is 0 Å². The van der Waals surface area contributed by atoms with Crippen molar-refractivity contribution in [1.82, 2.24) is 4.98 Å². The van der Waals surface area contributed by atoms with Crippen LogP contribution in [0.3, 0.4) is 0 Å². The molecule has 1 heterocycles. The largest absolute Gasteiger partial charge is 0.443 e. The summed E-state index contributed by atoms with van der Waals surface area (Å²) in [6.45, 7) is 0. The fraction of sp³-hybridized carbons (Fsp3) is 0.375. The Bertz CT molecular complexity index is 319. The molecular weight excluding hydrogens is 235 g/mol. The number of hydrogen-bond acceptors (Lipinski definition) is 2. The van der Waals surface area contributed by atoms with Crippen LogP contribution in [0.2, 0.25) is 0 Å². The van der Waals surface area contributed by atoms with Gasteiger partial charge in [0.05, 0.1) is 0 Å². The third-order valence-corrected chi connectivity index (χ3v) is 2.55. The van der Waals surface area contributed by atoms with Crippen molar-refractivity contribution >= 4 is 29.0 Å². The molecule has 0 saturated heterocycles. The number of alkyl halides is 4. The molecule has 0 aliphatic heterocycles. The maximum Gasteiger partial charge on any atom is 0.443 e. The lowest BCUT2D eigenvalue weighted by Crippen LogP contribution is -2.02. The molecule has 0 fully saturated rings. The monoisotopic (exact) mass is 241 g/mol. The smallest absolute Gasteiger partial charge is 0.240 e. The lowest BCUT2D eigenvalue weighted by atomic mass is 10.4. The molecule has 1 nitrogen and oxygen atoms in total. The van der Waals surface area contributed by atoms with Crippen molar-refractivity contribution in [1.29, 1.82) is 0 Å². The molecule has 1 aromatic rings. The average Bonchev–Trinajstić information content (AvgIpc) is 2.52. The zero-order chi connectivity index (χ0) is 10.6. The van der Waals surface area contributed by atoms with E-state index in [1.54, 1.807) is 12.2 Å². The van der Waals surface area contributed by atoms with Gasteiger partial charge in [-0.3, -0.25) is 0 Å². The van der Waals surface area contributed by atoms with E-state index in [1.807, 2.05) is 0 Å². The van der Waals surface area contributed by atoms with Gasteiger partial charge in [0.2, 0.25) is 0 Å². The molecule has 78 valence electrons. The molecule has 0 aromatic carbocycles. The van der Waals surface area contributed by atoms with E-state index >= 15 is 0 Å². The van der Waals surface area contributed by atoms with Crippen LogP contribution in [0, 0.1) is 0 Å². The maximum atomic E-state index is 12.1. The molecule has 0 unspecified atom stereocenters. The molecule has 1 aromatic heterocycles. The quantitative estimate of drug-likeness (QED) is 0.734. The second-order valence-electron chi connectivity index (χ2n) is 2.45. The van der Waals surface area contributed by atoms with E-state index in [-0.39, 0.29) is 0 Å². The Kier molecular flexibility index (Phi) is 3.95. The van der Waals surface area contributed by atoms with Gasteiger partial charge in [-0.15, -0.1) is 22.9 Å². The minimum atomic E-state index is -4.34. The van der Waals surface area contributed by atoms with Gasteiger partial charge in [0.1, 0.15) is 0 Å². The Morgan fingerprint density at radius 2 is 2.21 bits per heavy atom. The van der Waals surface area contributed by atoms with Crippen molar-refractivity contribution in [3.63, 3.8) is 0 Å². The van der Waals surface area contributed by atoms with Gasteiger partial charge in [0, 0.05) is 17.0 Å². The van der Waals surface area contributed by atoms with Crippen LogP contribution in [0.15, 0.2) is 12.3 Å². The number of hydrogen-bond donors (Lipinski definition) is 0. The lowest BCUT2D eigenvalue weighted by molar-refractivity contribution is -0.137. The fourth-order valence-electron chi connectivity index (χ4n) is 0.757. The Morgan fingerprint density at radius 3 is 2.71 bits per heavy atom. The first-order valence-corrected chi connectivity index (χ1v) is 5.14. The summed E-state index contributed by atoms with van der Waals surface area (Å²) in [4.78, 5) is 3.76. The van der Waals surface area contributed by atoms with Gasteiger partial charge in [-0.05, 0) is 12.5 Å². The summed E-state index contributed by atoms with van der Waals surface area (Å²) in [7, 11) is 0. The van der Waals surface area contributed by atoms with Crippen LogP contribution in [0.1, 0.15) is 16.3 Å². The maximum absolute atomic E-state index is 12.1. The van der Waals surface area contributed by atoms with Crippen LogP contribution in [-0.4, -0.2) is 10.9 Å². The fourth-order valence-corrected chi connectivity index (χ4v) is 1.60. The van der Waals surface area contributed by atoms with Crippen molar-refractivity contribution in [2.24, 2.45) is 0 Å². The molecule has 0 radical (unpaired) electrons. The first-order valence-electron chi connectivity index (χ1n) is 3.79. The van der Waals surface area contributed by atoms with Gasteiger partial charge in [0.25, 0.3) is 0 Å². The van der Waals surface area contributed by atoms with Gasteiger partial charge in [-0.1, -0.05) is 6.08 Å². The van der Waals surface area contributed by atoms with Crippen molar-refractivity contribution in [3.05, 3.63) is 22.2 Å². The normalized spacial score (nSPS) is 12.6. The van der Waals surface area contributed by atoms with E-state index < -0.39 is 11.2 Å². The van der Waals surface area contributed by atoms with Gasteiger partial charge >= 0.3 is 6.18 Å². The summed E-state index contributed by atoms with van der Waals surface area (Å²) in [6, 6.07) is 0. The molecule has 0 saturated carbocycles. The van der Waals surface area contributed by atoms with E-state index in [2.05, 4.69) is 4.98 Å². The molecule has 0 bridgehead atoms. The van der Waals surface area contributed by atoms with Crippen LogP contribution >= 0.6 is 22.9 Å². The molecule has 0 spiro atoms.